The lowest BCUT2D eigenvalue weighted by atomic mass is 9.85. The Hall–Kier alpha value is -0.650. The van der Waals surface area contributed by atoms with Gasteiger partial charge in [-0.3, -0.25) is 4.79 Å². The minimum Gasteiger partial charge on any atom is -0.466 e. The zero-order valence-electron chi connectivity index (χ0n) is 12.8. The van der Waals surface area contributed by atoms with Gasteiger partial charge in [0.1, 0.15) is 0 Å². The fourth-order valence-corrected chi connectivity index (χ4v) is 3.01. The molecule has 0 spiro atoms. The topological polar surface area (TPSA) is 56.8 Å². The minimum atomic E-state index is -0.466. The van der Waals surface area contributed by atoms with E-state index >= 15 is 0 Å². The first-order valence-corrected chi connectivity index (χ1v) is 7.72. The first-order valence-electron chi connectivity index (χ1n) is 7.72. The second-order valence-electron chi connectivity index (χ2n) is 6.17. The van der Waals surface area contributed by atoms with Crippen LogP contribution in [-0.4, -0.2) is 43.7 Å². The van der Waals surface area contributed by atoms with Crippen molar-refractivity contribution in [1.82, 2.24) is 5.32 Å². The average Bonchev–Trinajstić information content (AvgIpc) is 2.77. The number of nitrogens with one attached hydrogen (secondary N) is 1. The highest BCUT2D eigenvalue weighted by Crippen LogP contribution is 2.26. The molecule has 3 atom stereocenters. The van der Waals surface area contributed by atoms with Gasteiger partial charge in [-0.05, 0) is 40.0 Å². The van der Waals surface area contributed by atoms with Gasteiger partial charge in [-0.25, -0.2) is 0 Å². The number of rotatable bonds is 5. The van der Waals surface area contributed by atoms with E-state index in [2.05, 4.69) is 5.32 Å². The van der Waals surface area contributed by atoms with Crippen LogP contribution in [0.2, 0.25) is 0 Å². The van der Waals surface area contributed by atoms with Crippen LogP contribution in [0, 0.1) is 5.92 Å². The fraction of sp³-hybridized carbons (Fsp3) is 0.933. The highest BCUT2D eigenvalue weighted by atomic mass is 16.7. The number of carbonyl (C=O) groups is 1. The fourth-order valence-electron chi connectivity index (χ4n) is 3.01. The molecule has 1 saturated heterocycles. The predicted octanol–water partition coefficient (Wildman–Crippen LogP) is 1.85. The van der Waals surface area contributed by atoms with E-state index < -0.39 is 5.79 Å². The average molecular weight is 285 g/mol. The summed E-state index contributed by atoms with van der Waals surface area (Å²) in [4.78, 5) is 11.8. The molecule has 0 aromatic carbocycles. The molecule has 2 aliphatic rings. The molecule has 1 heterocycles. The third-order valence-corrected chi connectivity index (χ3v) is 4.00. The summed E-state index contributed by atoms with van der Waals surface area (Å²) in [6.07, 6.45) is 4.12. The first kappa shape index (κ1) is 15.7. The molecule has 5 nitrogen and oxygen atoms in total. The molecule has 1 aliphatic carbocycles. The van der Waals surface area contributed by atoms with Crippen molar-refractivity contribution in [1.29, 1.82) is 0 Å². The van der Waals surface area contributed by atoms with Gasteiger partial charge in [0.05, 0.1) is 25.2 Å². The number of hydrogen-bond acceptors (Lipinski definition) is 5. The van der Waals surface area contributed by atoms with Crippen LogP contribution >= 0.6 is 0 Å². The van der Waals surface area contributed by atoms with Crippen molar-refractivity contribution in [3.05, 3.63) is 0 Å². The molecule has 2 fully saturated rings. The Bertz CT molecular complexity index is 332. The molecule has 1 aliphatic heterocycles. The SMILES string of the molecule is CCOC(=O)C1CCCC(NCC2COC(C)(C)O2)C1. The number of esters is 1. The zero-order valence-corrected chi connectivity index (χ0v) is 12.8. The summed E-state index contributed by atoms with van der Waals surface area (Å²) in [5.74, 6) is -0.453. The maximum absolute atomic E-state index is 11.8. The van der Waals surface area contributed by atoms with E-state index in [-0.39, 0.29) is 18.0 Å². The van der Waals surface area contributed by atoms with E-state index in [1.165, 1.54) is 0 Å². The van der Waals surface area contributed by atoms with Crippen molar-refractivity contribution >= 4 is 5.97 Å². The molecular formula is C15H27NO4. The van der Waals surface area contributed by atoms with Crippen LogP contribution in [0.1, 0.15) is 46.5 Å². The van der Waals surface area contributed by atoms with Crippen molar-refractivity contribution in [2.45, 2.75) is 64.4 Å². The number of carbonyl (C=O) groups excluding carboxylic acids is 1. The van der Waals surface area contributed by atoms with Crippen LogP contribution in [0.3, 0.4) is 0 Å². The van der Waals surface area contributed by atoms with Crippen LogP contribution in [-0.2, 0) is 19.0 Å². The van der Waals surface area contributed by atoms with Gasteiger partial charge in [0.2, 0.25) is 0 Å². The summed E-state index contributed by atoms with van der Waals surface area (Å²) >= 11 is 0. The molecule has 0 radical (unpaired) electrons. The first-order chi connectivity index (χ1) is 9.50. The van der Waals surface area contributed by atoms with Crippen molar-refractivity contribution < 1.29 is 19.0 Å². The molecule has 0 aromatic heterocycles. The van der Waals surface area contributed by atoms with Crippen LogP contribution in [0.4, 0.5) is 0 Å². The van der Waals surface area contributed by atoms with Gasteiger partial charge in [0.25, 0.3) is 0 Å². The largest absolute Gasteiger partial charge is 0.466 e. The Morgan fingerprint density at radius 2 is 2.20 bits per heavy atom. The van der Waals surface area contributed by atoms with Crippen molar-refractivity contribution in [2.24, 2.45) is 5.92 Å². The van der Waals surface area contributed by atoms with Gasteiger partial charge in [-0.15, -0.1) is 0 Å². The van der Waals surface area contributed by atoms with Gasteiger partial charge in [0, 0.05) is 12.6 Å². The smallest absolute Gasteiger partial charge is 0.308 e. The Balaban J connectivity index is 1.72. The summed E-state index contributed by atoms with van der Waals surface area (Å²) in [5.41, 5.74) is 0. The van der Waals surface area contributed by atoms with Gasteiger partial charge in [-0.2, -0.15) is 0 Å². The number of hydrogen-bond donors (Lipinski definition) is 1. The summed E-state index contributed by atoms with van der Waals surface area (Å²) in [5, 5.41) is 3.52. The molecular weight excluding hydrogens is 258 g/mol. The predicted molar refractivity (Wildman–Crippen MR) is 75.3 cm³/mol. The highest BCUT2D eigenvalue weighted by molar-refractivity contribution is 5.72. The van der Waals surface area contributed by atoms with Crippen molar-refractivity contribution in [2.75, 3.05) is 19.8 Å². The van der Waals surface area contributed by atoms with E-state index in [0.717, 1.165) is 32.2 Å². The van der Waals surface area contributed by atoms with Crippen molar-refractivity contribution in [3.63, 3.8) is 0 Å². The van der Waals surface area contributed by atoms with Gasteiger partial charge in [0.15, 0.2) is 5.79 Å². The van der Waals surface area contributed by atoms with Crippen LogP contribution in [0.15, 0.2) is 0 Å². The van der Waals surface area contributed by atoms with Gasteiger partial charge < -0.3 is 19.5 Å². The lowest BCUT2D eigenvalue weighted by Gasteiger charge is -2.29. The molecule has 1 N–H and O–H groups in total. The normalized spacial score (nSPS) is 33.0. The second-order valence-corrected chi connectivity index (χ2v) is 6.17. The van der Waals surface area contributed by atoms with Gasteiger partial charge in [-0.1, -0.05) is 6.42 Å². The Morgan fingerprint density at radius 3 is 2.85 bits per heavy atom. The third-order valence-electron chi connectivity index (χ3n) is 4.00. The molecule has 0 amide bonds. The molecule has 20 heavy (non-hydrogen) atoms. The summed E-state index contributed by atoms with van der Waals surface area (Å²) in [6, 6.07) is 0.380. The van der Waals surface area contributed by atoms with Crippen molar-refractivity contribution in [3.8, 4) is 0 Å². The van der Waals surface area contributed by atoms with Crippen LogP contribution in [0.5, 0.6) is 0 Å². The van der Waals surface area contributed by atoms with Crippen LogP contribution in [0.25, 0.3) is 0 Å². The molecule has 3 unspecified atom stereocenters. The lowest BCUT2D eigenvalue weighted by Crippen LogP contribution is -2.41. The summed E-state index contributed by atoms with van der Waals surface area (Å²) in [7, 11) is 0. The standard InChI is InChI=1S/C15H27NO4/c1-4-18-14(17)11-6-5-7-12(8-11)16-9-13-10-19-15(2,3)20-13/h11-13,16H,4-10H2,1-3H3. The van der Waals surface area contributed by atoms with Crippen LogP contribution < -0.4 is 5.32 Å². The third kappa shape index (κ3) is 4.43. The minimum absolute atomic E-state index is 0.0411. The van der Waals surface area contributed by atoms with E-state index in [1.54, 1.807) is 0 Å². The molecule has 5 heteroatoms. The second kappa shape index (κ2) is 6.87. The zero-order chi connectivity index (χ0) is 14.6. The lowest BCUT2D eigenvalue weighted by molar-refractivity contribution is -0.149. The van der Waals surface area contributed by atoms with E-state index in [4.69, 9.17) is 14.2 Å². The molecule has 2 rings (SSSR count). The molecule has 0 bridgehead atoms. The Labute approximate surface area is 121 Å². The molecule has 116 valence electrons. The summed E-state index contributed by atoms with van der Waals surface area (Å²) < 4.78 is 16.4. The molecule has 1 saturated carbocycles. The Kier molecular flexibility index (Phi) is 5.41. The number of ether oxygens (including phenoxy) is 3. The maximum atomic E-state index is 11.8. The quantitative estimate of drug-likeness (QED) is 0.781. The van der Waals surface area contributed by atoms with E-state index in [9.17, 15) is 4.79 Å². The monoisotopic (exact) mass is 285 g/mol. The van der Waals surface area contributed by atoms with E-state index in [1.807, 2.05) is 20.8 Å². The summed E-state index contributed by atoms with van der Waals surface area (Å²) in [6.45, 7) is 7.61. The highest BCUT2D eigenvalue weighted by Gasteiger charge is 2.33. The Morgan fingerprint density at radius 1 is 1.40 bits per heavy atom. The molecule has 0 aromatic rings. The van der Waals surface area contributed by atoms with Gasteiger partial charge >= 0.3 is 5.97 Å². The maximum Gasteiger partial charge on any atom is 0.308 e. The van der Waals surface area contributed by atoms with E-state index in [0.29, 0.717) is 19.3 Å².